The number of hydrogen-bond acceptors (Lipinski definition) is 7. The van der Waals surface area contributed by atoms with Crippen LogP contribution in [0.2, 0.25) is 0 Å². The molecule has 6 N–H and O–H groups in total. The molecule has 0 aliphatic carbocycles. The summed E-state index contributed by atoms with van der Waals surface area (Å²) in [5, 5.41) is 51.9. The molecule has 0 saturated heterocycles. The number of aliphatic carboxylic acids is 1. The summed E-state index contributed by atoms with van der Waals surface area (Å²) in [6, 6.07) is 9.13. The van der Waals surface area contributed by atoms with Gasteiger partial charge in [0.2, 0.25) is 0 Å². The maximum Gasteiger partial charge on any atom is 0.307 e. The highest BCUT2D eigenvalue weighted by Crippen LogP contribution is 2.03. The molecule has 0 aromatic heterocycles. The third-order valence-electron chi connectivity index (χ3n) is 2.62. The first-order valence-corrected chi connectivity index (χ1v) is 6.37. The van der Waals surface area contributed by atoms with E-state index >= 15 is 0 Å². The maximum absolute atomic E-state index is 10.2. The lowest BCUT2D eigenvalue weighted by molar-refractivity contribution is -0.136. The summed E-state index contributed by atoms with van der Waals surface area (Å²) in [5.74, 6) is -0.786. The van der Waals surface area contributed by atoms with Gasteiger partial charge in [0.1, 0.15) is 24.4 Å². The molecule has 0 amide bonds. The molecule has 8 heteroatoms. The summed E-state index contributed by atoms with van der Waals surface area (Å²) in [6.45, 7) is -0.760. The summed E-state index contributed by atoms with van der Waals surface area (Å²) in [4.78, 5) is 20.1. The van der Waals surface area contributed by atoms with E-state index in [0.29, 0.717) is 0 Å². The van der Waals surface area contributed by atoms with E-state index < -0.39 is 37.0 Å². The van der Waals surface area contributed by atoms with Crippen LogP contribution in [0, 0.1) is 0 Å². The molecule has 4 atom stereocenters. The first kappa shape index (κ1) is 20.2. The van der Waals surface area contributed by atoms with Crippen LogP contribution < -0.4 is 0 Å². The minimum absolute atomic E-state index is 0.0258. The predicted molar refractivity (Wildman–Crippen MR) is 75.0 cm³/mol. The van der Waals surface area contributed by atoms with E-state index in [1.807, 2.05) is 18.2 Å². The monoisotopic (exact) mass is 316 g/mol. The molecule has 0 spiro atoms. The summed E-state index contributed by atoms with van der Waals surface area (Å²) in [5.41, 5.74) is 0.843. The first-order valence-electron chi connectivity index (χ1n) is 6.37. The Kier molecular flexibility index (Phi) is 9.92. The van der Waals surface area contributed by atoms with Gasteiger partial charge in [-0.15, -0.1) is 0 Å². The molecular weight excluding hydrogens is 296 g/mol. The number of rotatable bonds is 7. The zero-order chi connectivity index (χ0) is 17.1. The summed E-state index contributed by atoms with van der Waals surface area (Å²) in [7, 11) is 0. The van der Waals surface area contributed by atoms with E-state index in [1.54, 1.807) is 12.1 Å². The quantitative estimate of drug-likeness (QED) is 0.313. The average molecular weight is 316 g/mol. The summed E-state index contributed by atoms with van der Waals surface area (Å²) in [6.07, 6.45) is -6.73. The number of carboxylic acids is 1. The van der Waals surface area contributed by atoms with Gasteiger partial charge in [-0.1, -0.05) is 30.3 Å². The van der Waals surface area contributed by atoms with Crippen LogP contribution in [0.5, 0.6) is 0 Å². The minimum Gasteiger partial charge on any atom is -0.481 e. The second kappa shape index (κ2) is 10.8. The molecule has 1 aromatic rings. The van der Waals surface area contributed by atoms with Crippen LogP contribution in [-0.4, -0.2) is 73.9 Å². The second-order valence-corrected chi connectivity index (χ2v) is 4.41. The van der Waals surface area contributed by atoms with Crippen molar-refractivity contribution in [3.8, 4) is 0 Å². The lowest BCUT2D eigenvalue weighted by atomic mass is 10.0. The topological polar surface area (TPSA) is 156 Å². The van der Waals surface area contributed by atoms with Crippen LogP contribution >= 0.6 is 0 Å². The highest BCUT2D eigenvalue weighted by atomic mass is 16.4. The van der Waals surface area contributed by atoms with Crippen molar-refractivity contribution in [2.24, 2.45) is 0 Å². The molecule has 8 nitrogen and oxygen atoms in total. The number of carbonyl (C=O) groups excluding carboxylic acids is 1. The van der Waals surface area contributed by atoms with E-state index in [4.69, 9.17) is 30.6 Å². The molecule has 1 rings (SSSR count). The van der Waals surface area contributed by atoms with Gasteiger partial charge < -0.3 is 35.4 Å². The highest BCUT2D eigenvalue weighted by Gasteiger charge is 2.29. The largest absolute Gasteiger partial charge is 0.481 e. The Morgan fingerprint density at radius 2 is 1.59 bits per heavy atom. The van der Waals surface area contributed by atoms with E-state index in [2.05, 4.69) is 0 Å². The van der Waals surface area contributed by atoms with E-state index in [1.165, 1.54) is 0 Å². The Morgan fingerprint density at radius 3 is 2.00 bits per heavy atom. The Hall–Kier alpha value is -1.84. The standard InChI is InChI=1S/C8H8O2.C6H12O6/c9-8(10)6-7-4-2-1-3-5-7;7-1-3(9)5(11)6(12)4(10)2-8/h1-5H,6H2,(H,9,10);1,3-6,8-12H,2H2/t;3-,4+,5+,6+/m.0/s1. The van der Waals surface area contributed by atoms with Gasteiger partial charge in [-0.25, -0.2) is 0 Å². The fourth-order valence-electron chi connectivity index (χ4n) is 1.39. The smallest absolute Gasteiger partial charge is 0.307 e. The van der Waals surface area contributed by atoms with Crippen molar-refractivity contribution in [2.75, 3.05) is 6.61 Å². The molecule has 0 radical (unpaired) electrons. The predicted octanol–water partition coefficient (Wildman–Crippen LogP) is -2.07. The number of aliphatic hydroxyl groups excluding tert-OH is 5. The van der Waals surface area contributed by atoms with Crippen molar-refractivity contribution in [1.29, 1.82) is 0 Å². The molecule has 0 bridgehead atoms. The Labute approximate surface area is 126 Å². The van der Waals surface area contributed by atoms with Gasteiger partial charge in [0.15, 0.2) is 6.29 Å². The summed E-state index contributed by atoms with van der Waals surface area (Å²) < 4.78 is 0. The molecule has 0 aliphatic heterocycles. The van der Waals surface area contributed by atoms with Crippen molar-refractivity contribution in [1.82, 2.24) is 0 Å². The van der Waals surface area contributed by atoms with Gasteiger partial charge in [0.25, 0.3) is 0 Å². The minimum atomic E-state index is -1.79. The second-order valence-electron chi connectivity index (χ2n) is 4.41. The zero-order valence-corrected chi connectivity index (χ0v) is 11.7. The van der Waals surface area contributed by atoms with Gasteiger partial charge >= 0.3 is 5.97 Å². The molecule has 0 unspecified atom stereocenters. The summed E-state index contributed by atoms with van der Waals surface area (Å²) >= 11 is 0. The molecule has 0 aliphatic rings. The van der Waals surface area contributed by atoms with Crippen molar-refractivity contribution < 1.29 is 40.2 Å². The zero-order valence-electron chi connectivity index (χ0n) is 11.7. The lowest BCUT2D eigenvalue weighted by Crippen LogP contribution is -2.46. The molecule has 0 saturated carbocycles. The molecule has 124 valence electrons. The first-order chi connectivity index (χ1) is 10.3. The van der Waals surface area contributed by atoms with E-state index in [-0.39, 0.29) is 12.7 Å². The number of benzene rings is 1. The lowest BCUT2D eigenvalue weighted by Gasteiger charge is -2.22. The third-order valence-corrected chi connectivity index (χ3v) is 2.62. The molecule has 0 heterocycles. The maximum atomic E-state index is 10.2. The Bertz CT molecular complexity index is 436. The number of hydrogen-bond donors (Lipinski definition) is 6. The van der Waals surface area contributed by atoms with Gasteiger partial charge in [-0.2, -0.15) is 0 Å². The third kappa shape index (κ3) is 7.81. The Morgan fingerprint density at radius 1 is 1.05 bits per heavy atom. The van der Waals surface area contributed by atoms with Crippen LogP contribution in [0.4, 0.5) is 0 Å². The molecule has 22 heavy (non-hydrogen) atoms. The Balaban J connectivity index is 0.000000406. The molecular formula is C14H20O8. The number of carbonyl (C=O) groups is 2. The fraction of sp³-hybridized carbons (Fsp3) is 0.429. The highest BCUT2D eigenvalue weighted by molar-refractivity contribution is 5.70. The van der Waals surface area contributed by atoms with Crippen LogP contribution in [-0.2, 0) is 16.0 Å². The van der Waals surface area contributed by atoms with Crippen molar-refractivity contribution in [3.05, 3.63) is 35.9 Å². The van der Waals surface area contributed by atoms with Crippen LogP contribution in [0.25, 0.3) is 0 Å². The van der Waals surface area contributed by atoms with Crippen LogP contribution in [0.1, 0.15) is 5.56 Å². The van der Waals surface area contributed by atoms with Crippen LogP contribution in [0.3, 0.4) is 0 Å². The van der Waals surface area contributed by atoms with Gasteiger partial charge in [-0.3, -0.25) is 4.79 Å². The number of aldehydes is 1. The molecule has 0 fully saturated rings. The van der Waals surface area contributed by atoms with Gasteiger partial charge in [0, 0.05) is 0 Å². The van der Waals surface area contributed by atoms with E-state index in [9.17, 15) is 9.59 Å². The number of carboxylic acid groups (broad SMARTS) is 1. The van der Waals surface area contributed by atoms with Gasteiger partial charge in [0.05, 0.1) is 13.0 Å². The van der Waals surface area contributed by atoms with Crippen molar-refractivity contribution >= 4 is 12.3 Å². The molecule has 1 aromatic carbocycles. The average Bonchev–Trinajstić information content (AvgIpc) is 2.52. The SMILES string of the molecule is O=C(O)Cc1ccccc1.O=C[C@H](O)[C@@H](O)[C@H](O)[C@H](O)CO. The van der Waals surface area contributed by atoms with Crippen molar-refractivity contribution in [2.45, 2.75) is 30.8 Å². The van der Waals surface area contributed by atoms with Crippen LogP contribution in [0.15, 0.2) is 30.3 Å². The normalized spacial score (nSPS) is 15.7. The number of aliphatic hydroxyl groups is 5. The van der Waals surface area contributed by atoms with Crippen molar-refractivity contribution in [3.63, 3.8) is 0 Å². The van der Waals surface area contributed by atoms with Gasteiger partial charge in [-0.05, 0) is 5.56 Å². The van der Waals surface area contributed by atoms with E-state index in [0.717, 1.165) is 5.56 Å². The fourth-order valence-corrected chi connectivity index (χ4v) is 1.39.